The number of nitrogens with one attached hydrogen (secondary N) is 2. The molecule has 1 fully saturated rings. The summed E-state index contributed by atoms with van der Waals surface area (Å²) in [6.07, 6.45) is 1.30. The summed E-state index contributed by atoms with van der Waals surface area (Å²) < 4.78 is 5.56. The van der Waals surface area contributed by atoms with E-state index < -0.39 is 5.54 Å². The fraction of sp³-hybridized carbons (Fsp3) is 0.300. The minimum absolute atomic E-state index is 0.0625. The lowest BCUT2D eigenvalue weighted by Gasteiger charge is -2.32. The number of fused-ring (bicyclic) bond motifs is 1. The Bertz CT molecular complexity index is 888. The van der Waals surface area contributed by atoms with Crippen molar-refractivity contribution in [3.63, 3.8) is 0 Å². The number of hydrogen-bond acceptors (Lipinski definition) is 4. The predicted octanol–water partition coefficient (Wildman–Crippen LogP) is 3.26. The number of ether oxygens (including phenoxy) is 1. The van der Waals surface area contributed by atoms with Gasteiger partial charge in [-0.15, -0.1) is 0 Å². The van der Waals surface area contributed by atoms with Crippen LogP contribution in [0.1, 0.15) is 24.0 Å². The number of nitrogens with zero attached hydrogens (tertiary/aromatic N) is 1. The number of aliphatic imine (C=N–C) groups is 1. The highest BCUT2D eigenvalue weighted by molar-refractivity contribution is 6.32. The van der Waals surface area contributed by atoms with E-state index in [1.807, 2.05) is 36.4 Å². The predicted molar refractivity (Wildman–Crippen MR) is 104 cm³/mol. The lowest BCUT2D eigenvalue weighted by molar-refractivity contribution is -0.121. The lowest BCUT2D eigenvalue weighted by atomic mass is 9.87. The van der Waals surface area contributed by atoms with Gasteiger partial charge in [0.25, 0.3) is 5.91 Å². The van der Waals surface area contributed by atoms with Gasteiger partial charge in [-0.2, -0.15) is 0 Å². The lowest BCUT2D eigenvalue weighted by Crippen LogP contribution is -2.49. The van der Waals surface area contributed by atoms with Crippen LogP contribution < -0.4 is 15.4 Å². The molecule has 2 aliphatic heterocycles. The zero-order valence-electron chi connectivity index (χ0n) is 14.5. The van der Waals surface area contributed by atoms with Gasteiger partial charge in [0.05, 0.1) is 18.5 Å². The standard InChI is InChI=1S/C20H20ClN3O2/c1-26-17-5-3-2-4-14(17)18-15-12-13(21)6-7-16(15)23-19(25)20(24-18)8-10-22-11-9-20/h2-7,12,22H,8-11H2,1H3,(H,23,25). The zero-order chi connectivity index (χ0) is 18.1. The number of piperidine rings is 1. The molecule has 2 N–H and O–H groups in total. The Morgan fingerprint density at radius 1 is 1.12 bits per heavy atom. The number of methoxy groups -OCH3 is 1. The first kappa shape index (κ1) is 17.1. The van der Waals surface area contributed by atoms with Crippen LogP contribution >= 0.6 is 11.6 Å². The summed E-state index contributed by atoms with van der Waals surface area (Å²) in [6.45, 7) is 1.51. The summed E-state index contributed by atoms with van der Waals surface area (Å²) in [5, 5.41) is 6.98. The van der Waals surface area contributed by atoms with Crippen LogP contribution in [0.3, 0.4) is 0 Å². The van der Waals surface area contributed by atoms with Gasteiger partial charge in [-0.1, -0.05) is 23.7 Å². The molecule has 134 valence electrons. The van der Waals surface area contributed by atoms with Crippen molar-refractivity contribution in [1.82, 2.24) is 5.32 Å². The van der Waals surface area contributed by atoms with Crippen molar-refractivity contribution in [1.29, 1.82) is 0 Å². The molecule has 0 saturated carbocycles. The number of rotatable bonds is 2. The molecule has 0 aliphatic carbocycles. The van der Waals surface area contributed by atoms with Crippen LogP contribution in [0, 0.1) is 0 Å². The summed E-state index contributed by atoms with van der Waals surface area (Å²) in [5.41, 5.74) is 2.34. The molecule has 0 atom stereocenters. The van der Waals surface area contributed by atoms with Crippen molar-refractivity contribution in [3.8, 4) is 5.75 Å². The van der Waals surface area contributed by atoms with Gasteiger partial charge in [0.15, 0.2) is 0 Å². The second-order valence-corrected chi connectivity index (χ2v) is 7.02. The minimum Gasteiger partial charge on any atom is -0.496 e. The first-order valence-electron chi connectivity index (χ1n) is 8.68. The van der Waals surface area contributed by atoms with Crippen LogP contribution in [0.15, 0.2) is 47.5 Å². The van der Waals surface area contributed by atoms with Gasteiger partial charge in [-0.25, -0.2) is 0 Å². The highest BCUT2D eigenvalue weighted by Crippen LogP contribution is 2.36. The molecule has 5 nitrogen and oxygen atoms in total. The van der Waals surface area contributed by atoms with E-state index in [9.17, 15) is 4.79 Å². The van der Waals surface area contributed by atoms with Crippen molar-refractivity contribution in [3.05, 3.63) is 58.6 Å². The Morgan fingerprint density at radius 3 is 2.65 bits per heavy atom. The van der Waals surface area contributed by atoms with Crippen molar-refractivity contribution in [2.75, 3.05) is 25.5 Å². The molecule has 6 heteroatoms. The minimum atomic E-state index is -0.785. The highest BCUT2D eigenvalue weighted by atomic mass is 35.5. The smallest absolute Gasteiger partial charge is 0.252 e. The number of halogens is 1. The van der Waals surface area contributed by atoms with E-state index in [1.54, 1.807) is 13.2 Å². The van der Waals surface area contributed by atoms with Crippen molar-refractivity contribution < 1.29 is 9.53 Å². The molecule has 4 rings (SSSR count). The Kier molecular flexibility index (Phi) is 4.42. The van der Waals surface area contributed by atoms with Crippen LogP contribution in [0.4, 0.5) is 5.69 Å². The molecule has 2 aromatic rings. The third-order valence-corrected chi connectivity index (χ3v) is 5.26. The van der Waals surface area contributed by atoms with Gasteiger partial charge >= 0.3 is 0 Å². The summed E-state index contributed by atoms with van der Waals surface area (Å²) in [4.78, 5) is 18.1. The Labute approximate surface area is 157 Å². The second-order valence-electron chi connectivity index (χ2n) is 6.59. The maximum atomic E-state index is 13.1. The van der Waals surface area contributed by atoms with E-state index in [4.69, 9.17) is 21.3 Å². The van der Waals surface area contributed by atoms with Crippen LogP contribution in [0.25, 0.3) is 0 Å². The van der Waals surface area contributed by atoms with E-state index in [2.05, 4.69) is 10.6 Å². The molecule has 1 amide bonds. The molecule has 26 heavy (non-hydrogen) atoms. The highest BCUT2D eigenvalue weighted by Gasteiger charge is 2.42. The number of carbonyl (C=O) groups is 1. The molecule has 2 aromatic carbocycles. The Hall–Kier alpha value is -2.37. The SMILES string of the molecule is COc1ccccc1C1=NC2(CCNCC2)C(=O)Nc2ccc(Cl)cc21. The Balaban J connectivity index is 1.98. The van der Waals surface area contributed by atoms with Crippen molar-refractivity contribution in [2.45, 2.75) is 18.4 Å². The van der Waals surface area contributed by atoms with E-state index in [0.717, 1.165) is 41.4 Å². The normalized spacial score (nSPS) is 18.5. The molecular formula is C20H20ClN3O2. The van der Waals surface area contributed by atoms with E-state index in [0.29, 0.717) is 17.9 Å². The number of carbonyl (C=O) groups excluding carboxylic acids is 1. The van der Waals surface area contributed by atoms with Crippen molar-refractivity contribution >= 4 is 28.9 Å². The van der Waals surface area contributed by atoms with Crippen LogP contribution in [0.2, 0.25) is 5.02 Å². The molecule has 2 heterocycles. The molecule has 0 unspecified atom stereocenters. The first-order valence-corrected chi connectivity index (χ1v) is 9.06. The quantitative estimate of drug-likeness (QED) is 0.854. The Morgan fingerprint density at radius 2 is 1.88 bits per heavy atom. The number of para-hydroxylation sites is 1. The molecular weight excluding hydrogens is 350 g/mol. The van der Waals surface area contributed by atoms with Gasteiger partial charge in [-0.05, 0) is 56.3 Å². The monoisotopic (exact) mass is 369 g/mol. The third-order valence-electron chi connectivity index (χ3n) is 5.03. The topological polar surface area (TPSA) is 62.7 Å². The third kappa shape index (κ3) is 2.87. The van der Waals surface area contributed by atoms with Crippen LogP contribution in [0.5, 0.6) is 5.75 Å². The average molecular weight is 370 g/mol. The molecule has 1 saturated heterocycles. The molecule has 2 aliphatic rings. The summed E-state index contributed by atoms with van der Waals surface area (Å²) in [7, 11) is 1.64. The van der Waals surface area contributed by atoms with Gasteiger partial charge in [-0.3, -0.25) is 9.79 Å². The number of amides is 1. The van der Waals surface area contributed by atoms with E-state index >= 15 is 0 Å². The largest absolute Gasteiger partial charge is 0.496 e. The molecule has 0 bridgehead atoms. The van der Waals surface area contributed by atoms with E-state index in [1.165, 1.54) is 0 Å². The zero-order valence-corrected chi connectivity index (χ0v) is 15.3. The molecule has 0 radical (unpaired) electrons. The van der Waals surface area contributed by atoms with Crippen molar-refractivity contribution in [2.24, 2.45) is 4.99 Å². The second kappa shape index (κ2) is 6.74. The summed E-state index contributed by atoms with van der Waals surface area (Å²) in [6, 6.07) is 13.2. The van der Waals surface area contributed by atoms with E-state index in [-0.39, 0.29) is 5.91 Å². The maximum absolute atomic E-state index is 13.1. The number of hydrogen-bond donors (Lipinski definition) is 2. The van der Waals surface area contributed by atoms with Crippen LogP contribution in [-0.2, 0) is 4.79 Å². The van der Waals surface area contributed by atoms with Gasteiger partial charge in [0.1, 0.15) is 11.3 Å². The maximum Gasteiger partial charge on any atom is 0.252 e. The van der Waals surface area contributed by atoms with Gasteiger partial charge in [0.2, 0.25) is 0 Å². The van der Waals surface area contributed by atoms with Crippen LogP contribution in [-0.4, -0.2) is 37.4 Å². The fourth-order valence-electron chi connectivity index (χ4n) is 3.61. The number of anilines is 1. The molecule has 0 aromatic heterocycles. The average Bonchev–Trinajstić information content (AvgIpc) is 2.78. The summed E-state index contributed by atoms with van der Waals surface area (Å²) in [5.74, 6) is 0.656. The van der Waals surface area contributed by atoms with Gasteiger partial charge < -0.3 is 15.4 Å². The molecule has 1 spiro atoms. The van der Waals surface area contributed by atoms with Gasteiger partial charge in [0, 0.05) is 16.1 Å². The number of benzene rings is 2. The fourth-order valence-corrected chi connectivity index (χ4v) is 3.78. The first-order chi connectivity index (χ1) is 12.6. The summed E-state index contributed by atoms with van der Waals surface area (Å²) >= 11 is 6.26.